The molecule has 144 valence electrons. The van der Waals surface area contributed by atoms with E-state index in [0.717, 1.165) is 17.9 Å². The first-order valence-electron chi connectivity index (χ1n) is 7.65. The van der Waals surface area contributed by atoms with Gasteiger partial charge in [0.25, 0.3) is 0 Å². The van der Waals surface area contributed by atoms with E-state index in [-0.39, 0.29) is 25.0 Å². The number of alkyl halides is 3. The number of likely N-dealkylation sites (tertiary alicyclic amines) is 1. The minimum absolute atomic E-state index is 0.134. The molecule has 3 rings (SSSR count). The molecule has 0 aliphatic carbocycles. The molecule has 1 unspecified atom stereocenters. The summed E-state index contributed by atoms with van der Waals surface area (Å²) in [5, 5.41) is 8.14. The van der Waals surface area contributed by atoms with Crippen LogP contribution in [0, 0.1) is 0 Å². The van der Waals surface area contributed by atoms with E-state index in [2.05, 4.69) is 0 Å². The third-order valence-electron chi connectivity index (χ3n) is 5.02. The Morgan fingerprint density at radius 2 is 2.00 bits per heavy atom. The van der Waals surface area contributed by atoms with Gasteiger partial charge in [0.05, 0.1) is 6.42 Å². The Kier molecular flexibility index (Phi) is 3.91. The first kappa shape index (κ1) is 18.7. The average molecular weight is 396 g/mol. The van der Waals surface area contributed by atoms with E-state index in [1.807, 2.05) is 0 Å². The predicted octanol–water partition coefficient (Wildman–Crippen LogP) is -0.0939. The zero-order chi connectivity index (χ0) is 19.7. The zero-order valence-electron chi connectivity index (χ0n) is 13.5. The Morgan fingerprint density at radius 3 is 2.50 bits per heavy atom. The third-order valence-corrected chi connectivity index (χ3v) is 7.70. The number of rotatable bonds is 3. The number of carboxylic acids is 1. The van der Waals surface area contributed by atoms with Crippen LogP contribution in [0.5, 0.6) is 0 Å². The first-order chi connectivity index (χ1) is 11.8. The zero-order valence-corrected chi connectivity index (χ0v) is 14.3. The maximum atomic E-state index is 12.7. The van der Waals surface area contributed by atoms with Gasteiger partial charge in [-0.05, 0) is 13.3 Å². The van der Waals surface area contributed by atoms with Crippen LogP contribution in [0.15, 0.2) is 11.6 Å². The number of carbonyl (C=O) groups is 3. The van der Waals surface area contributed by atoms with E-state index >= 15 is 0 Å². The molecule has 3 fully saturated rings. The smallest absolute Gasteiger partial charge is 0.406 e. The van der Waals surface area contributed by atoms with Crippen LogP contribution < -0.4 is 0 Å². The Morgan fingerprint density at radius 1 is 1.38 bits per heavy atom. The molecule has 0 radical (unpaired) electrons. The SMILES string of the molecule is C[C@]1(/C=C2\CCN(CC(F)(F)F)C2=O)[C@H](C(=O)O)N2C(=O)CC2S1(=O)=O. The van der Waals surface area contributed by atoms with Crippen LogP contribution in [0.2, 0.25) is 0 Å². The van der Waals surface area contributed by atoms with Gasteiger partial charge in [-0.1, -0.05) is 6.08 Å². The number of nitrogens with zero attached hydrogens (tertiary/aromatic N) is 2. The summed E-state index contributed by atoms with van der Waals surface area (Å²) < 4.78 is 60.9. The molecule has 0 aromatic carbocycles. The molecular formula is C14H15F3N2O6S. The summed E-state index contributed by atoms with van der Waals surface area (Å²) in [4.78, 5) is 36.8. The highest BCUT2D eigenvalue weighted by atomic mass is 32.2. The second-order valence-corrected chi connectivity index (χ2v) is 9.20. The first-order valence-corrected chi connectivity index (χ1v) is 9.19. The molecule has 3 saturated heterocycles. The number of carbonyl (C=O) groups excluding carboxylic acids is 2. The van der Waals surface area contributed by atoms with Crippen LogP contribution in [0.3, 0.4) is 0 Å². The van der Waals surface area contributed by atoms with E-state index in [1.54, 1.807) is 0 Å². The molecule has 3 heterocycles. The fraction of sp³-hybridized carbons (Fsp3) is 0.643. The van der Waals surface area contributed by atoms with Crippen molar-refractivity contribution < 1.29 is 41.1 Å². The number of halogens is 3. The summed E-state index contributed by atoms with van der Waals surface area (Å²) in [6.07, 6.45) is -4.16. The quantitative estimate of drug-likeness (QED) is 0.527. The Hall–Kier alpha value is -2.11. The van der Waals surface area contributed by atoms with Crippen molar-refractivity contribution in [2.24, 2.45) is 0 Å². The predicted molar refractivity (Wildman–Crippen MR) is 79.3 cm³/mol. The number of hydrogen-bond donors (Lipinski definition) is 1. The Balaban J connectivity index is 1.99. The largest absolute Gasteiger partial charge is 0.480 e. The van der Waals surface area contributed by atoms with Gasteiger partial charge in [0.15, 0.2) is 15.9 Å². The summed E-state index contributed by atoms with van der Waals surface area (Å²) in [5.74, 6) is -3.17. The highest BCUT2D eigenvalue weighted by molar-refractivity contribution is 7.94. The number of fused-ring (bicyclic) bond motifs is 1. The van der Waals surface area contributed by atoms with E-state index < -0.39 is 56.5 Å². The van der Waals surface area contributed by atoms with Crippen molar-refractivity contribution in [3.63, 3.8) is 0 Å². The van der Waals surface area contributed by atoms with Crippen molar-refractivity contribution >= 4 is 27.6 Å². The summed E-state index contributed by atoms with van der Waals surface area (Å²) in [7, 11) is -4.16. The number of amides is 2. The summed E-state index contributed by atoms with van der Waals surface area (Å²) in [5.41, 5.74) is -0.193. The Labute approximate surface area is 146 Å². The number of β-lactam (4-membered cyclic amide) rings is 1. The van der Waals surface area contributed by atoms with Crippen LogP contribution in [0.25, 0.3) is 0 Å². The van der Waals surface area contributed by atoms with Crippen molar-refractivity contribution in [2.75, 3.05) is 13.1 Å². The molecule has 12 heteroatoms. The summed E-state index contributed by atoms with van der Waals surface area (Å²) in [6, 6.07) is -1.73. The molecule has 3 aliphatic heterocycles. The standard InChI is InChI=1S/C14H15F3N2O6S/c1-13(5-7-2-3-18(11(7)21)6-14(15,16)17)10(12(22)23)19-8(20)4-9(19)26(13,24)25/h5,9-10H,2-4,6H2,1H3,(H,22,23)/b7-5+/t9?,10-,13-/m0/s1. The topological polar surface area (TPSA) is 112 Å². The fourth-order valence-corrected chi connectivity index (χ4v) is 6.05. The third kappa shape index (κ3) is 2.49. The van der Waals surface area contributed by atoms with Crippen LogP contribution in [-0.2, 0) is 24.2 Å². The highest BCUT2D eigenvalue weighted by Crippen LogP contribution is 2.47. The number of carboxylic acid groups (broad SMARTS) is 1. The van der Waals surface area contributed by atoms with E-state index in [9.17, 15) is 41.1 Å². The van der Waals surface area contributed by atoms with Crippen LogP contribution in [0.4, 0.5) is 13.2 Å². The van der Waals surface area contributed by atoms with Gasteiger partial charge in [-0.2, -0.15) is 13.2 Å². The molecule has 3 aliphatic rings. The van der Waals surface area contributed by atoms with Gasteiger partial charge >= 0.3 is 12.1 Å². The summed E-state index contributed by atoms with van der Waals surface area (Å²) >= 11 is 0. The molecule has 0 aromatic heterocycles. The van der Waals surface area contributed by atoms with Crippen molar-refractivity contribution in [2.45, 2.75) is 42.1 Å². The van der Waals surface area contributed by atoms with Crippen LogP contribution >= 0.6 is 0 Å². The van der Waals surface area contributed by atoms with Crippen molar-refractivity contribution in [1.29, 1.82) is 0 Å². The van der Waals surface area contributed by atoms with Gasteiger partial charge in [0.1, 0.15) is 16.7 Å². The van der Waals surface area contributed by atoms with Gasteiger partial charge < -0.3 is 14.9 Å². The maximum absolute atomic E-state index is 12.7. The maximum Gasteiger partial charge on any atom is 0.406 e. The normalized spacial score (nSPS) is 35.0. The van der Waals surface area contributed by atoms with Crippen LogP contribution in [-0.4, -0.2) is 76.5 Å². The second kappa shape index (κ2) is 5.44. The van der Waals surface area contributed by atoms with Gasteiger partial charge in [-0.3, -0.25) is 9.59 Å². The van der Waals surface area contributed by atoms with E-state index in [0.29, 0.717) is 4.90 Å². The Bertz CT molecular complexity index is 836. The molecule has 0 bridgehead atoms. The number of hydrogen-bond acceptors (Lipinski definition) is 5. The van der Waals surface area contributed by atoms with Crippen molar-refractivity contribution in [3.05, 3.63) is 11.6 Å². The molecule has 8 nitrogen and oxygen atoms in total. The molecular weight excluding hydrogens is 381 g/mol. The second-order valence-electron chi connectivity index (χ2n) is 6.69. The monoisotopic (exact) mass is 396 g/mol. The molecule has 2 amide bonds. The van der Waals surface area contributed by atoms with Gasteiger partial charge in [-0.25, -0.2) is 13.2 Å². The lowest BCUT2D eigenvalue weighted by Gasteiger charge is -2.35. The molecule has 0 saturated carbocycles. The lowest BCUT2D eigenvalue weighted by Crippen LogP contribution is -2.57. The number of aliphatic carboxylic acids is 1. The van der Waals surface area contributed by atoms with Gasteiger partial charge in [-0.15, -0.1) is 0 Å². The van der Waals surface area contributed by atoms with Crippen molar-refractivity contribution in [3.8, 4) is 0 Å². The lowest BCUT2D eigenvalue weighted by molar-refractivity contribution is -0.157. The molecule has 0 aromatic rings. The van der Waals surface area contributed by atoms with E-state index in [1.165, 1.54) is 0 Å². The minimum atomic E-state index is -4.60. The highest BCUT2D eigenvalue weighted by Gasteiger charge is 2.69. The van der Waals surface area contributed by atoms with E-state index in [4.69, 9.17) is 0 Å². The number of sulfone groups is 1. The molecule has 1 N–H and O–H groups in total. The summed E-state index contributed by atoms with van der Waals surface area (Å²) in [6.45, 7) is -0.633. The van der Waals surface area contributed by atoms with Gasteiger partial charge in [0.2, 0.25) is 11.8 Å². The van der Waals surface area contributed by atoms with Gasteiger partial charge in [0, 0.05) is 12.1 Å². The average Bonchev–Trinajstić information content (AvgIpc) is 2.86. The van der Waals surface area contributed by atoms with Crippen molar-refractivity contribution in [1.82, 2.24) is 9.80 Å². The minimum Gasteiger partial charge on any atom is -0.480 e. The fourth-order valence-electron chi connectivity index (χ4n) is 3.73. The lowest BCUT2D eigenvalue weighted by atomic mass is 9.94. The molecule has 0 spiro atoms. The molecule has 26 heavy (non-hydrogen) atoms. The van der Waals surface area contributed by atoms with Crippen LogP contribution in [0.1, 0.15) is 19.8 Å². The molecule has 3 atom stereocenters.